The highest BCUT2D eigenvalue weighted by molar-refractivity contribution is 7.99. The number of aromatic nitrogens is 2. The van der Waals surface area contributed by atoms with E-state index in [9.17, 15) is 14.4 Å². The van der Waals surface area contributed by atoms with Crippen molar-refractivity contribution in [2.24, 2.45) is 7.05 Å². The van der Waals surface area contributed by atoms with Crippen LogP contribution in [-0.2, 0) is 34.2 Å². The minimum Gasteiger partial charge on any atom is -0.469 e. The highest BCUT2D eigenvalue weighted by atomic mass is 32.2. The molecule has 122 valence electrons. The van der Waals surface area contributed by atoms with E-state index in [2.05, 4.69) is 9.72 Å². The highest BCUT2D eigenvalue weighted by Gasteiger charge is 2.22. The zero-order valence-corrected chi connectivity index (χ0v) is 14.5. The summed E-state index contributed by atoms with van der Waals surface area (Å²) in [7, 11) is 2.92. The Hall–Kier alpha value is -1.67. The van der Waals surface area contributed by atoms with Gasteiger partial charge in [-0.25, -0.2) is 4.98 Å². The van der Waals surface area contributed by atoms with Crippen LogP contribution in [0.3, 0.4) is 0 Å². The van der Waals surface area contributed by atoms with Gasteiger partial charge in [-0.05, 0) is 24.8 Å². The van der Waals surface area contributed by atoms with Crippen molar-refractivity contribution >= 4 is 45.1 Å². The summed E-state index contributed by atoms with van der Waals surface area (Å²) in [6.45, 7) is 0. The molecule has 0 radical (unpaired) electrons. The summed E-state index contributed by atoms with van der Waals surface area (Å²) in [5, 5.41) is 1.23. The third-order valence-corrected chi connectivity index (χ3v) is 6.11. The summed E-state index contributed by atoms with van der Waals surface area (Å²) in [6.07, 6.45) is 2.79. The van der Waals surface area contributed by atoms with Crippen molar-refractivity contribution in [1.82, 2.24) is 9.55 Å². The number of hydrogen-bond acceptors (Lipinski definition) is 7. The third-order valence-electron chi connectivity index (χ3n) is 3.84. The van der Waals surface area contributed by atoms with Gasteiger partial charge in [-0.15, -0.1) is 11.3 Å². The van der Waals surface area contributed by atoms with Crippen LogP contribution in [0.5, 0.6) is 0 Å². The lowest BCUT2D eigenvalue weighted by molar-refractivity contribution is -0.142. The first kappa shape index (κ1) is 16.2. The van der Waals surface area contributed by atoms with Crippen LogP contribution in [0, 0.1) is 0 Å². The van der Waals surface area contributed by atoms with Crippen molar-refractivity contribution in [3.63, 3.8) is 0 Å². The molecule has 2 aromatic rings. The zero-order valence-electron chi connectivity index (χ0n) is 12.9. The second kappa shape index (κ2) is 6.45. The summed E-state index contributed by atoms with van der Waals surface area (Å²) >= 11 is 2.75. The Morgan fingerprint density at radius 2 is 2.17 bits per heavy atom. The van der Waals surface area contributed by atoms with Gasteiger partial charge in [0.15, 0.2) is 10.9 Å². The van der Waals surface area contributed by atoms with E-state index < -0.39 is 5.97 Å². The number of carbonyl (C=O) groups excluding carboxylic acids is 2. The van der Waals surface area contributed by atoms with Crippen LogP contribution in [0.4, 0.5) is 0 Å². The normalized spacial score (nSPS) is 13.3. The summed E-state index contributed by atoms with van der Waals surface area (Å²) in [6, 6.07) is 0. The molecule has 0 atom stereocenters. The first-order chi connectivity index (χ1) is 11.0. The summed E-state index contributed by atoms with van der Waals surface area (Å²) in [5.74, 6) is -0.709. The molecule has 0 saturated carbocycles. The predicted molar refractivity (Wildman–Crippen MR) is 89.3 cm³/mol. The van der Waals surface area contributed by atoms with Gasteiger partial charge in [0.25, 0.3) is 5.56 Å². The summed E-state index contributed by atoms with van der Waals surface area (Å²) in [4.78, 5) is 42.0. The van der Waals surface area contributed by atoms with E-state index in [0.29, 0.717) is 5.16 Å². The van der Waals surface area contributed by atoms with Crippen molar-refractivity contribution in [1.29, 1.82) is 0 Å². The van der Waals surface area contributed by atoms with Gasteiger partial charge in [0, 0.05) is 11.9 Å². The minimum atomic E-state index is -0.553. The Bertz CT molecular complexity index is 853. The predicted octanol–water partition coefficient (Wildman–Crippen LogP) is 1.71. The van der Waals surface area contributed by atoms with Gasteiger partial charge in [0.2, 0.25) is 0 Å². The monoisotopic (exact) mass is 352 g/mol. The molecular formula is C15H16N2O4S2. The largest absolute Gasteiger partial charge is 0.469 e. The molecule has 0 spiro atoms. The van der Waals surface area contributed by atoms with Gasteiger partial charge in [0.1, 0.15) is 11.3 Å². The van der Waals surface area contributed by atoms with Gasteiger partial charge >= 0.3 is 5.97 Å². The number of esters is 1. The van der Waals surface area contributed by atoms with Crippen LogP contribution >= 0.6 is 23.1 Å². The SMILES string of the molecule is COC(=O)CC(=O)CSc1nc2sc3c(c2c(=O)n1C)CCC3. The Balaban J connectivity index is 1.85. The molecule has 0 unspecified atom stereocenters. The van der Waals surface area contributed by atoms with E-state index >= 15 is 0 Å². The minimum absolute atomic E-state index is 0.0580. The maximum atomic E-state index is 12.6. The smallest absolute Gasteiger partial charge is 0.313 e. The number of carbonyl (C=O) groups is 2. The molecule has 0 amide bonds. The Kier molecular flexibility index (Phi) is 4.54. The molecular weight excluding hydrogens is 336 g/mol. The molecule has 6 nitrogen and oxygen atoms in total. The second-order valence-electron chi connectivity index (χ2n) is 5.38. The molecule has 8 heteroatoms. The Labute approximate surface area is 140 Å². The molecule has 1 aliphatic rings. The van der Waals surface area contributed by atoms with E-state index in [0.717, 1.165) is 35.0 Å². The molecule has 0 fully saturated rings. The first-order valence-corrected chi connectivity index (χ1v) is 9.04. The Morgan fingerprint density at radius 1 is 1.39 bits per heavy atom. The van der Waals surface area contributed by atoms with Crippen molar-refractivity contribution in [3.8, 4) is 0 Å². The molecule has 0 saturated heterocycles. The van der Waals surface area contributed by atoms with Crippen molar-refractivity contribution in [2.75, 3.05) is 12.9 Å². The fraction of sp³-hybridized carbons (Fsp3) is 0.467. The lowest BCUT2D eigenvalue weighted by atomic mass is 10.2. The molecule has 23 heavy (non-hydrogen) atoms. The third kappa shape index (κ3) is 3.05. The fourth-order valence-corrected chi connectivity index (χ4v) is 4.80. The van der Waals surface area contributed by atoms with Gasteiger partial charge in [-0.2, -0.15) is 0 Å². The van der Waals surface area contributed by atoms with Gasteiger partial charge in [0.05, 0.1) is 18.2 Å². The van der Waals surface area contributed by atoms with E-state index in [-0.39, 0.29) is 23.5 Å². The number of hydrogen-bond donors (Lipinski definition) is 0. The molecule has 2 heterocycles. The lowest BCUT2D eigenvalue weighted by Gasteiger charge is -2.07. The van der Waals surface area contributed by atoms with Crippen LogP contribution in [-0.4, -0.2) is 34.2 Å². The molecule has 0 aromatic carbocycles. The number of nitrogens with zero attached hydrogens (tertiary/aromatic N) is 2. The molecule has 1 aliphatic carbocycles. The Morgan fingerprint density at radius 3 is 2.91 bits per heavy atom. The first-order valence-electron chi connectivity index (χ1n) is 7.24. The van der Waals surface area contributed by atoms with Crippen LogP contribution in [0.25, 0.3) is 10.2 Å². The van der Waals surface area contributed by atoms with E-state index in [1.807, 2.05) is 0 Å². The standard InChI is InChI=1S/C15H16N2O4S2/c1-17-14(20)12-9-4-3-5-10(9)23-13(12)16-15(17)22-7-8(18)6-11(19)21-2/h3-7H2,1-2H3. The number of fused-ring (bicyclic) bond motifs is 3. The number of aryl methyl sites for hydroxylation is 2. The average molecular weight is 352 g/mol. The number of rotatable bonds is 5. The molecule has 0 bridgehead atoms. The molecule has 3 rings (SSSR count). The number of ketones is 1. The van der Waals surface area contributed by atoms with Crippen LogP contribution in [0.1, 0.15) is 23.3 Å². The summed E-state index contributed by atoms with van der Waals surface area (Å²) in [5.41, 5.74) is 1.09. The van der Waals surface area contributed by atoms with Gasteiger partial charge in [-0.3, -0.25) is 19.0 Å². The summed E-state index contributed by atoms with van der Waals surface area (Å²) < 4.78 is 5.96. The molecule has 0 aliphatic heterocycles. The van der Waals surface area contributed by atoms with Crippen LogP contribution < -0.4 is 5.56 Å². The van der Waals surface area contributed by atoms with E-state index in [1.165, 1.54) is 28.3 Å². The van der Waals surface area contributed by atoms with Crippen molar-refractivity contribution < 1.29 is 14.3 Å². The number of methoxy groups -OCH3 is 1. The fourth-order valence-electron chi connectivity index (χ4n) is 2.66. The van der Waals surface area contributed by atoms with Crippen LogP contribution in [0.15, 0.2) is 9.95 Å². The van der Waals surface area contributed by atoms with Crippen LogP contribution in [0.2, 0.25) is 0 Å². The highest BCUT2D eigenvalue weighted by Crippen LogP contribution is 2.35. The number of Topliss-reactive ketones (excluding diaryl/α,β-unsaturated/α-hetero) is 1. The maximum absolute atomic E-state index is 12.6. The second-order valence-corrected chi connectivity index (χ2v) is 7.40. The van der Waals surface area contributed by atoms with Gasteiger partial charge in [-0.1, -0.05) is 11.8 Å². The van der Waals surface area contributed by atoms with Crippen molar-refractivity contribution in [2.45, 2.75) is 30.8 Å². The maximum Gasteiger partial charge on any atom is 0.313 e. The average Bonchev–Trinajstić information content (AvgIpc) is 3.09. The zero-order chi connectivity index (χ0) is 16.6. The molecule has 0 N–H and O–H groups in total. The van der Waals surface area contributed by atoms with Gasteiger partial charge < -0.3 is 4.74 Å². The van der Waals surface area contributed by atoms with Crippen molar-refractivity contribution in [3.05, 3.63) is 20.8 Å². The molecule has 2 aromatic heterocycles. The number of thiophene rings is 1. The van der Waals surface area contributed by atoms with E-state index in [4.69, 9.17) is 0 Å². The lowest BCUT2D eigenvalue weighted by Crippen LogP contribution is -2.21. The number of ether oxygens (including phenoxy) is 1. The van der Waals surface area contributed by atoms with E-state index in [1.54, 1.807) is 18.4 Å². The topological polar surface area (TPSA) is 78.3 Å². The quantitative estimate of drug-likeness (QED) is 0.353. The number of thioether (sulfide) groups is 1.